The number of hydrogen-bond acceptors (Lipinski definition) is 4. The van der Waals surface area contributed by atoms with Gasteiger partial charge in [0, 0.05) is 36.9 Å². The molecule has 8 heteroatoms. The Morgan fingerprint density at radius 3 is 2.58 bits per heavy atom. The van der Waals surface area contributed by atoms with E-state index in [0.29, 0.717) is 22.7 Å². The van der Waals surface area contributed by atoms with Crippen LogP contribution in [0.3, 0.4) is 0 Å². The zero-order valence-corrected chi connectivity index (χ0v) is 19.8. The second-order valence-corrected chi connectivity index (χ2v) is 7.19. The minimum Gasteiger partial charge on any atom is -0.318 e. The molecule has 0 aromatic carbocycles. The van der Waals surface area contributed by atoms with E-state index in [9.17, 15) is 9.18 Å². The quantitative estimate of drug-likeness (QED) is 0.383. The van der Waals surface area contributed by atoms with Crippen molar-refractivity contribution in [2.24, 2.45) is 15.9 Å². The van der Waals surface area contributed by atoms with Crippen LogP contribution in [0.25, 0.3) is 11.3 Å². The second-order valence-electron chi connectivity index (χ2n) is 7.19. The summed E-state index contributed by atoms with van der Waals surface area (Å²) in [6.45, 7) is 7.79. The van der Waals surface area contributed by atoms with Crippen molar-refractivity contribution in [1.82, 2.24) is 9.55 Å². The Morgan fingerprint density at radius 2 is 2.00 bits per heavy atom. The molecule has 0 radical (unpaired) electrons. The third-order valence-corrected chi connectivity index (χ3v) is 4.81. The molecule has 1 fully saturated rings. The van der Waals surface area contributed by atoms with Gasteiger partial charge in [-0.15, -0.1) is 0 Å². The molecule has 2 aromatic heterocycles. The van der Waals surface area contributed by atoms with Crippen molar-refractivity contribution in [1.29, 1.82) is 5.41 Å². The first-order valence-corrected chi connectivity index (χ1v) is 11.0. The highest BCUT2D eigenvalue weighted by atomic mass is 19.1. The predicted octanol–water partition coefficient (Wildman–Crippen LogP) is 4.94. The summed E-state index contributed by atoms with van der Waals surface area (Å²) in [6, 6.07) is 6.35. The summed E-state index contributed by atoms with van der Waals surface area (Å²) in [6.07, 6.45) is 10.9. The standard InChI is InChI=1S/C23H25FN6O.C2H6/c1-4-17(18-7-9-20(24)27-13-18)12-28-22(25)23(31)29-19-8-10-21(26-3)30(14-19)15(2)11-16-5-6-16;1-2/h4,7-14,16,25H,5-6H2,1-3H3,(H,29,31);1-2H3/b15-11+,17-4+,25-22?,26-21?,28-12?;. The van der Waals surface area contributed by atoms with Gasteiger partial charge in [-0.3, -0.25) is 15.2 Å². The monoisotopic (exact) mass is 450 g/mol. The maximum Gasteiger partial charge on any atom is 0.292 e. The fraction of sp³-hybridized carbons (Fsp3) is 0.320. The SMILES string of the molecule is C/C=C(\C=NC(=N)C(=O)Nc1ccc(=NC)n(/C(C)=C/C2CC2)c1)c1ccc(F)nc1.CC. The van der Waals surface area contributed by atoms with Crippen LogP contribution in [0.1, 0.15) is 46.1 Å². The summed E-state index contributed by atoms with van der Waals surface area (Å²) in [5.41, 5.74) is 3.61. The Bertz CT molecular complexity index is 1140. The fourth-order valence-corrected chi connectivity index (χ4v) is 2.96. The number of carbonyl (C=O) groups excluding carboxylic acids is 1. The summed E-state index contributed by atoms with van der Waals surface area (Å²) in [4.78, 5) is 24.3. The number of carbonyl (C=O) groups is 1. The zero-order chi connectivity index (χ0) is 24.4. The van der Waals surface area contributed by atoms with Crippen LogP contribution in [0.5, 0.6) is 0 Å². The van der Waals surface area contributed by atoms with Crippen molar-refractivity contribution in [2.75, 3.05) is 12.4 Å². The van der Waals surface area contributed by atoms with E-state index in [2.05, 4.69) is 26.4 Å². The minimum absolute atomic E-state index is 0.449. The third-order valence-electron chi connectivity index (χ3n) is 4.81. The largest absolute Gasteiger partial charge is 0.318 e. The number of allylic oxidation sites excluding steroid dienone is 4. The van der Waals surface area contributed by atoms with Gasteiger partial charge in [-0.25, -0.2) is 9.98 Å². The second kappa shape index (κ2) is 12.4. The molecule has 1 amide bonds. The van der Waals surface area contributed by atoms with Crippen LogP contribution in [0.2, 0.25) is 0 Å². The third kappa shape index (κ3) is 7.45. The molecule has 174 valence electrons. The van der Waals surface area contributed by atoms with E-state index in [4.69, 9.17) is 5.41 Å². The van der Waals surface area contributed by atoms with Crippen LogP contribution >= 0.6 is 0 Å². The van der Waals surface area contributed by atoms with Gasteiger partial charge in [-0.1, -0.05) is 26.0 Å². The molecule has 1 saturated carbocycles. The van der Waals surface area contributed by atoms with E-state index >= 15 is 0 Å². The Kier molecular flexibility index (Phi) is 9.60. The lowest BCUT2D eigenvalue weighted by atomic mass is 10.1. The lowest BCUT2D eigenvalue weighted by molar-refractivity contribution is -0.110. The number of hydrogen-bond donors (Lipinski definition) is 2. The lowest BCUT2D eigenvalue weighted by Crippen LogP contribution is -2.24. The van der Waals surface area contributed by atoms with Gasteiger partial charge in [-0.05, 0) is 62.4 Å². The number of amidine groups is 1. The van der Waals surface area contributed by atoms with E-state index < -0.39 is 17.7 Å². The van der Waals surface area contributed by atoms with E-state index in [1.807, 2.05) is 31.4 Å². The molecule has 7 nitrogen and oxygen atoms in total. The van der Waals surface area contributed by atoms with Crippen molar-refractivity contribution < 1.29 is 9.18 Å². The molecule has 0 unspecified atom stereocenters. The molecule has 1 aliphatic rings. The Labute approximate surface area is 194 Å². The van der Waals surface area contributed by atoms with Crippen molar-refractivity contribution in [3.63, 3.8) is 0 Å². The molecule has 3 rings (SSSR count). The molecular formula is C25H31FN6O. The maximum atomic E-state index is 13.0. The minimum atomic E-state index is -0.638. The topological polar surface area (TPSA) is 95.5 Å². The van der Waals surface area contributed by atoms with Crippen LogP contribution < -0.4 is 10.8 Å². The summed E-state index contributed by atoms with van der Waals surface area (Å²) < 4.78 is 14.9. The Balaban J connectivity index is 0.00000187. The van der Waals surface area contributed by atoms with Crippen LogP contribution in [-0.2, 0) is 4.79 Å². The van der Waals surface area contributed by atoms with Crippen LogP contribution in [0.15, 0.2) is 58.8 Å². The number of aliphatic imine (C=N–C) groups is 1. The summed E-state index contributed by atoms with van der Waals surface area (Å²) in [5.74, 6) is -1.06. The molecule has 2 aromatic rings. The molecule has 1 aliphatic carbocycles. The molecule has 0 aliphatic heterocycles. The van der Waals surface area contributed by atoms with E-state index in [-0.39, 0.29) is 0 Å². The summed E-state index contributed by atoms with van der Waals surface area (Å²) >= 11 is 0. The highest BCUT2D eigenvalue weighted by molar-refractivity contribution is 6.43. The van der Waals surface area contributed by atoms with Gasteiger partial charge in [0.25, 0.3) is 5.91 Å². The van der Waals surface area contributed by atoms with E-state index in [1.54, 1.807) is 38.4 Å². The average Bonchev–Trinajstić information content (AvgIpc) is 3.65. The van der Waals surface area contributed by atoms with Gasteiger partial charge < -0.3 is 9.88 Å². The van der Waals surface area contributed by atoms with Crippen LogP contribution in [0, 0.1) is 17.3 Å². The summed E-state index contributed by atoms with van der Waals surface area (Å²) in [7, 11) is 1.72. The molecule has 0 bridgehead atoms. The lowest BCUT2D eigenvalue weighted by Gasteiger charge is -2.11. The first-order valence-electron chi connectivity index (χ1n) is 11.0. The van der Waals surface area contributed by atoms with Gasteiger partial charge in [0.15, 0.2) is 0 Å². The molecule has 0 spiro atoms. The Morgan fingerprint density at radius 1 is 1.27 bits per heavy atom. The number of pyridine rings is 2. The number of nitrogens with zero attached hydrogens (tertiary/aromatic N) is 4. The van der Waals surface area contributed by atoms with Crippen molar-refractivity contribution >= 4 is 34.9 Å². The van der Waals surface area contributed by atoms with Gasteiger partial charge >= 0.3 is 0 Å². The molecule has 2 N–H and O–H groups in total. The van der Waals surface area contributed by atoms with Gasteiger partial charge in [0.2, 0.25) is 11.8 Å². The van der Waals surface area contributed by atoms with Crippen LogP contribution in [0.4, 0.5) is 10.1 Å². The highest BCUT2D eigenvalue weighted by Crippen LogP contribution is 2.31. The molecular weight excluding hydrogens is 419 g/mol. The number of anilines is 1. The molecule has 33 heavy (non-hydrogen) atoms. The van der Waals surface area contributed by atoms with Gasteiger partial charge in [0.05, 0.1) is 5.69 Å². The predicted molar refractivity (Wildman–Crippen MR) is 133 cm³/mol. The van der Waals surface area contributed by atoms with Gasteiger partial charge in [-0.2, -0.15) is 4.39 Å². The molecule has 0 saturated heterocycles. The first kappa shape index (κ1) is 25.6. The Hall–Kier alpha value is -3.68. The van der Waals surface area contributed by atoms with E-state index in [0.717, 1.165) is 11.2 Å². The maximum absolute atomic E-state index is 13.0. The number of aromatic nitrogens is 2. The smallest absolute Gasteiger partial charge is 0.292 e. The number of rotatable bonds is 5. The molecule has 0 atom stereocenters. The fourth-order valence-electron chi connectivity index (χ4n) is 2.96. The molecule has 2 heterocycles. The number of amides is 1. The van der Waals surface area contributed by atoms with Crippen molar-refractivity contribution in [2.45, 2.75) is 40.5 Å². The van der Waals surface area contributed by atoms with Gasteiger partial charge in [0.1, 0.15) is 5.49 Å². The number of halogens is 1. The average molecular weight is 451 g/mol. The zero-order valence-electron chi connectivity index (χ0n) is 19.8. The highest BCUT2D eigenvalue weighted by Gasteiger charge is 2.19. The van der Waals surface area contributed by atoms with Crippen molar-refractivity contribution in [3.8, 4) is 0 Å². The van der Waals surface area contributed by atoms with E-state index in [1.165, 1.54) is 31.3 Å². The summed E-state index contributed by atoms with van der Waals surface area (Å²) in [5, 5.41) is 10.7. The van der Waals surface area contributed by atoms with Crippen molar-refractivity contribution in [3.05, 3.63) is 65.8 Å². The normalized spacial score (nSPS) is 14.7. The number of nitrogens with one attached hydrogen (secondary N) is 2. The first-order chi connectivity index (χ1) is 15.9. The van der Waals surface area contributed by atoms with Crippen LogP contribution in [-0.4, -0.2) is 34.6 Å².